The van der Waals surface area contributed by atoms with E-state index in [9.17, 15) is 4.79 Å². The Bertz CT molecular complexity index is 456. The molecule has 0 spiro atoms. The second-order valence-electron chi connectivity index (χ2n) is 3.56. The van der Waals surface area contributed by atoms with Crippen molar-refractivity contribution in [3.8, 4) is 0 Å². The van der Waals surface area contributed by atoms with Crippen molar-refractivity contribution in [2.24, 2.45) is 0 Å². The smallest absolute Gasteiger partial charge is 0.208 e. The Balaban J connectivity index is 2.16. The number of nitrogens with one attached hydrogen (secondary N) is 2. The first-order chi connectivity index (χ1) is 8.40. The highest BCUT2D eigenvalue weighted by molar-refractivity contribution is 5.51. The molecule has 1 amide bonds. The van der Waals surface area contributed by atoms with E-state index in [1.807, 2.05) is 54.6 Å². The molecule has 0 fully saturated rings. The molecule has 3 nitrogen and oxygen atoms in total. The molecule has 2 N–H and O–H groups in total. The predicted octanol–water partition coefficient (Wildman–Crippen LogP) is 2.34. The van der Waals surface area contributed by atoms with Crippen LogP contribution in [0.5, 0.6) is 0 Å². The first-order valence-electron chi connectivity index (χ1n) is 5.37. The fraction of sp³-hybridized carbons (Fsp3) is 0.0714. The van der Waals surface area contributed by atoms with E-state index in [0.717, 1.165) is 11.3 Å². The van der Waals surface area contributed by atoms with Gasteiger partial charge in [0.1, 0.15) is 6.17 Å². The molecule has 0 saturated heterocycles. The van der Waals surface area contributed by atoms with Crippen LogP contribution in [0.2, 0.25) is 0 Å². The summed E-state index contributed by atoms with van der Waals surface area (Å²) in [6, 6.07) is 20.2. The molecule has 1 unspecified atom stereocenters. The van der Waals surface area contributed by atoms with E-state index in [2.05, 4.69) is 16.7 Å². The largest absolute Gasteiger partial charge is 0.362 e. The third kappa shape index (κ3) is 3.08. The summed E-state index contributed by atoms with van der Waals surface area (Å²) in [6.45, 7) is 0. The Kier molecular flexibility index (Phi) is 3.76. The van der Waals surface area contributed by atoms with Gasteiger partial charge in [-0.25, -0.2) is 0 Å². The number of carbonyl (C=O) groups is 1. The van der Waals surface area contributed by atoms with Gasteiger partial charge in [0.2, 0.25) is 6.41 Å². The average molecular weight is 225 g/mol. The van der Waals surface area contributed by atoms with Crippen LogP contribution in [0, 0.1) is 6.07 Å². The van der Waals surface area contributed by atoms with Crippen LogP contribution in [0.4, 0.5) is 5.69 Å². The van der Waals surface area contributed by atoms with Crippen LogP contribution in [0.3, 0.4) is 0 Å². The van der Waals surface area contributed by atoms with Crippen LogP contribution in [-0.2, 0) is 4.79 Å². The fourth-order valence-electron chi connectivity index (χ4n) is 1.58. The van der Waals surface area contributed by atoms with E-state index in [0.29, 0.717) is 6.41 Å². The van der Waals surface area contributed by atoms with Crippen molar-refractivity contribution >= 4 is 12.1 Å². The number of para-hydroxylation sites is 1. The average Bonchev–Trinajstić information content (AvgIpc) is 2.40. The van der Waals surface area contributed by atoms with Crippen LogP contribution in [-0.4, -0.2) is 6.41 Å². The molecular formula is C14H13N2O. The van der Waals surface area contributed by atoms with Gasteiger partial charge in [-0.2, -0.15) is 0 Å². The third-order valence-corrected chi connectivity index (χ3v) is 2.40. The molecule has 2 rings (SSSR count). The maximum absolute atomic E-state index is 10.6. The summed E-state index contributed by atoms with van der Waals surface area (Å²) < 4.78 is 0. The number of benzene rings is 2. The van der Waals surface area contributed by atoms with Crippen LogP contribution < -0.4 is 10.6 Å². The number of rotatable bonds is 5. The lowest BCUT2D eigenvalue weighted by Gasteiger charge is -2.19. The highest BCUT2D eigenvalue weighted by atomic mass is 16.1. The number of amides is 1. The molecule has 2 aromatic rings. The van der Waals surface area contributed by atoms with Crippen LogP contribution >= 0.6 is 0 Å². The number of hydrogen-bond donors (Lipinski definition) is 2. The first kappa shape index (κ1) is 11.2. The fourth-order valence-corrected chi connectivity index (χ4v) is 1.58. The molecule has 1 atom stereocenters. The van der Waals surface area contributed by atoms with Gasteiger partial charge in [0, 0.05) is 5.69 Å². The maximum Gasteiger partial charge on any atom is 0.208 e. The maximum atomic E-state index is 10.6. The molecule has 17 heavy (non-hydrogen) atoms. The van der Waals surface area contributed by atoms with Gasteiger partial charge in [-0.15, -0.1) is 0 Å². The lowest BCUT2D eigenvalue weighted by Crippen LogP contribution is -2.26. The Hall–Kier alpha value is -2.29. The Labute approximate surface area is 100 Å². The summed E-state index contributed by atoms with van der Waals surface area (Å²) in [5.74, 6) is 0. The molecule has 0 saturated carbocycles. The van der Waals surface area contributed by atoms with Crippen molar-refractivity contribution in [2.45, 2.75) is 6.17 Å². The zero-order valence-corrected chi connectivity index (χ0v) is 9.26. The molecule has 0 aromatic heterocycles. The van der Waals surface area contributed by atoms with Crippen LogP contribution in [0.1, 0.15) is 11.7 Å². The van der Waals surface area contributed by atoms with Crippen molar-refractivity contribution in [3.05, 3.63) is 66.2 Å². The first-order valence-corrected chi connectivity index (χ1v) is 5.37. The van der Waals surface area contributed by atoms with Gasteiger partial charge in [-0.1, -0.05) is 42.5 Å². The van der Waals surface area contributed by atoms with Crippen LogP contribution in [0.25, 0.3) is 0 Å². The number of hydrogen-bond acceptors (Lipinski definition) is 2. The minimum atomic E-state index is -0.232. The normalized spacial score (nSPS) is 11.5. The number of anilines is 1. The van der Waals surface area contributed by atoms with Crippen molar-refractivity contribution in [1.82, 2.24) is 5.32 Å². The Morgan fingerprint density at radius 3 is 2.41 bits per heavy atom. The molecule has 1 radical (unpaired) electrons. The van der Waals surface area contributed by atoms with Gasteiger partial charge < -0.3 is 10.6 Å². The highest BCUT2D eigenvalue weighted by Gasteiger charge is 2.08. The third-order valence-electron chi connectivity index (χ3n) is 2.40. The SMILES string of the molecule is O=CNC(Nc1ccccc1)c1cc[c]cc1. The second kappa shape index (κ2) is 5.70. The Morgan fingerprint density at radius 1 is 1.06 bits per heavy atom. The van der Waals surface area contributed by atoms with E-state index < -0.39 is 0 Å². The summed E-state index contributed by atoms with van der Waals surface area (Å²) in [4.78, 5) is 10.6. The summed E-state index contributed by atoms with van der Waals surface area (Å²) in [7, 11) is 0. The van der Waals surface area contributed by atoms with Crippen molar-refractivity contribution in [1.29, 1.82) is 0 Å². The molecular weight excluding hydrogens is 212 g/mol. The second-order valence-corrected chi connectivity index (χ2v) is 3.56. The lowest BCUT2D eigenvalue weighted by molar-refractivity contribution is -0.110. The van der Waals surface area contributed by atoms with Crippen LogP contribution in [0.15, 0.2) is 54.6 Å². The molecule has 0 aliphatic heterocycles. The monoisotopic (exact) mass is 225 g/mol. The quantitative estimate of drug-likeness (QED) is 0.605. The van der Waals surface area contributed by atoms with E-state index in [4.69, 9.17) is 0 Å². The van der Waals surface area contributed by atoms with E-state index in [1.54, 1.807) is 0 Å². The van der Waals surface area contributed by atoms with Gasteiger partial charge in [-0.05, 0) is 23.8 Å². The minimum absolute atomic E-state index is 0.232. The lowest BCUT2D eigenvalue weighted by atomic mass is 10.1. The summed E-state index contributed by atoms with van der Waals surface area (Å²) in [5, 5.41) is 5.98. The summed E-state index contributed by atoms with van der Waals surface area (Å²) in [5.41, 5.74) is 1.94. The molecule has 85 valence electrons. The molecule has 0 bridgehead atoms. The topological polar surface area (TPSA) is 41.1 Å². The van der Waals surface area contributed by atoms with Crippen molar-refractivity contribution in [3.63, 3.8) is 0 Å². The molecule has 0 aliphatic rings. The summed E-state index contributed by atoms with van der Waals surface area (Å²) >= 11 is 0. The molecule has 0 heterocycles. The van der Waals surface area contributed by atoms with Crippen molar-refractivity contribution in [2.75, 3.05) is 5.32 Å². The zero-order chi connectivity index (χ0) is 11.9. The molecule has 2 aromatic carbocycles. The predicted molar refractivity (Wildman–Crippen MR) is 67.3 cm³/mol. The van der Waals surface area contributed by atoms with Gasteiger partial charge in [0.15, 0.2) is 0 Å². The van der Waals surface area contributed by atoms with Gasteiger partial charge in [0.05, 0.1) is 0 Å². The standard InChI is InChI=1S/C14H13N2O/c17-11-15-14(12-7-3-1-4-8-12)16-13-9-5-2-6-10-13/h2-11,14,16H,(H,15,17). The molecule has 3 heteroatoms. The van der Waals surface area contributed by atoms with E-state index in [-0.39, 0.29) is 6.17 Å². The number of carbonyl (C=O) groups excluding carboxylic acids is 1. The summed E-state index contributed by atoms with van der Waals surface area (Å²) in [6.07, 6.45) is 0.460. The molecule has 0 aliphatic carbocycles. The van der Waals surface area contributed by atoms with Crippen molar-refractivity contribution < 1.29 is 4.79 Å². The minimum Gasteiger partial charge on any atom is -0.362 e. The zero-order valence-electron chi connectivity index (χ0n) is 9.26. The Morgan fingerprint density at radius 2 is 1.76 bits per heavy atom. The van der Waals surface area contributed by atoms with Gasteiger partial charge in [0.25, 0.3) is 0 Å². The highest BCUT2D eigenvalue weighted by Crippen LogP contribution is 2.16. The van der Waals surface area contributed by atoms with Gasteiger partial charge in [-0.3, -0.25) is 4.79 Å². The van der Waals surface area contributed by atoms with E-state index >= 15 is 0 Å². The van der Waals surface area contributed by atoms with E-state index in [1.165, 1.54) is 0 Å². The van der Waals surface area contributed by atoms with Gasteiger partial charge >= 0.3 is 0 Å².